The Morgan fingerprint density at radius 3 is 2.60 bits per heavy atom. The van der Waals surface area contributed by atoms with Crippen molar-refractivity contribution in [3.63, 3.8) is 0 Å². The minimum absolute atomic E-state index is 0.173. The molecule has 236 valence electrons. The highest BCUT2D eigenvalue weighted by Crippen LogP contribution is 2.33. The van der Waals surface area contributed by atoms with Crippen molar-refractivity contribution >= 4 is 42.4 Å². The second kappa shape index (κ2) is 14.5. The summed E-state index contributed by atoms with van der Waals surface area (Å²) in [4.78, 5) is 6.42. The van der Waals surface area contributed by atoms with Crippen molar-refractivity contribution in [1.29, 1.82) is 0 Å². The Hall–Kier alpha value is -2.47. The van der Waals surface area contributed by atoms with E-state index < -0.39 is 20.7 Å². The maximum atomic E-state index is 15.3. The van der Waals surface area contributed by atoms with Crippen LogP contribution in [0.1, 0.15) is 71.6 Å². The summed E-state index contributed by atoms with van der Waals surface area (Å²) in [5.74, 6) is 0.562. The number of ether oxygens (including phenoxy) is 1. The minimum Gasteiger partial charge on any atom is -0.493 e. The molecule has 2 aliphatic rings. The summed E-state index contributed by atoms with van der Waals surface area (Å²) in [6.45, 7) is 6.97. The Bertz CT molecular complexity index is 1460. The number of anilines is 2. The van der Waals surface area contributed by atoms with E-state index in [0.717, 1.165) is 49.2 Å². The van der Waals surface area contributed by atoms with Crippen molar-refractivity contribution in [1.82, 2.24) is 15.2 Å². The molecule has 0 unspecified atom stereocenters. The van der Waals surface area contributed by atoms with Gasteiger partial charge in [0.25, 0.3) is 10.0 Å². The first-order chi connectivity index (χ1) is 20.7. The lowest BCUT2D eigenvalue weighted by molar-refractivity contribution is 0.175. The van der Waals surface area contributed by atoms with E-state index in [-0.39, 0.29) is 11.2 Å². The van der Waals surface area contributed by atoms with Gasteiger partial charge in [-0.05, 0) is 94.6 Å². The lowest BCUT2D eigenvalue weighted by Crippen LogP contribution is -2.47. The van der Waals surface area contributed by atoms with Gasteiger partial charge in [0.1, 0.15) is 16.5 Å². The second-order valence-corrected chi connectivity index (χ2v) is 15.1. The summed E-state index contributed by atoms with van der Waals surface area (Å²) < 4.78 is 50.9. The van der Waals surface area contributed by atoms with Gasteiger partial charge in [-0.3, -0.25) is 4.72 Å². The first-order valence-electron chi connectivity index (χ1n) is 15.7. The molecule has 1 aromatic heterocycles. The number of hydrogen-bond acceptors (Lipinski definition) is 8. The van der Waals surface area contributed by atoms with Crippen molar-refractivity contribution in [3.05, 3.63) is 42.2 Å². The molecule has 2 atom stereocenters. The Labute approximate surface area is 259 Å². The highest BCUT2D eigenvalue weighted by atomic mass is 32.2. The molecule has 1 heterocycles. The molecule has 11 heteroatoms. The van der Waals surface area contributed by atoms with E-state index in [2.05, 4.69) is 46.1 Å². The van der Waals surface area contributed by atoms with Gasteiger partial charge in [-0.25, -0.2) is 17.8 Å². The smallest absolute Gasteiger partial charge is 0.266 e. The Kier molecular flexibility index (Phi) is 10.8. The molecule has 0 bridgehead atoms. The molecule has 0 spiro atoms. The predicted molar refractivity (Wildman–Crippen MR) is 174 cm³/mol. The zero-order valence-electron chi connectivity index (χ0n) is 25.6. The summed E-state index contributed by atoms with van der Waals surface area (Å²) >= 11 is 1.21. The molecule has 3 N–H and O–H groups in total. The van der Waals surface area contributed by atoms with E-state index in [9.17, 15) is 8.42 Å². The van der Waals surface area contributed by atoms with Crippen LogP contribution in [-0.2, 0) is 10.0 Å². The minimum atomic E-state index is -4.17. The molecule has 8 nitrogen and oxygen atoms in total. The molecule has 2 fully saturated rings. The SMILES string of the molecule is CC(C)NCCCN(C)[C@H]1CCCC[C@@H]1Nc1ccc(S(=O)(=O)Nc2nc3ccc(OCC4CCCC4)cc3s2)c(F)c1. The number of aromatic nitrogens is 1. The summed E-state index contributed by atoms with van der Waals surface area (Å²) in [6.07, 6.45) is 10.4. The lowest BCUT2D eigenvalue weighted by atomic mass is 9.89. The fourth-order valence-corrected chi connectivity index (χ4v) is 8.50. The van der Waals surface area contributed by atoms with Crippen LogP contribution in [0.5, 0.6) is 5.75 Å². The number of fused-ring (bicyclic) bond motifs is 1. The molecule has 2 aromatic carbocycles. The number of nitrogens with zero attached hydrogens (tertiary/aromatic N) is 2. The van der Waals surface area contributed by atoms with Gasteiger partial charge in [-0.2, -0.15) is 0 Å². The molecule has 0 amide bonds. The zero-order valence-corrected chi connectivity index (χ0v) is 27.2. The van der Waals surface area contributed by atoms with Gasteiger partial charge in [0.2, 0.25) is 0 Å². The number of rotatable bonds is 14. The van der Waals surface area contributed by atoms with E-state index in [0.29, 0.717) is 35.8 Å². The molecular weight excluding hydrogens is 586 g/mol. The van der Waals surface area contributed by atoms with Crippen molar-refractivity contribution in [2.45, 2.75) is 94.7 Å². The maximum Gasteiger partial charge on any atom is 0.266 e. The van der Waals surface area contributed by atoms with E-state index in [1.165, 1.54) is 55.6 Å². The van der Waals surface area contributed by atoms with Crippen molar-refractivity contribution in [2.24, 2.45) is 5.92 Å². The summed E-state index contributed by atoms with van der Waals surface area (Å²) in [7, 11) is -2.01. The average Bonchev–Trinajstić information content (AvgIpc) is 3.63. The van der Waals surface area contributed by atoms with Gasteiger partial charge in [0.15, 0.2) is 5.13 Å². The largest absolute Gasteiger partial charge is 0.493 e. The molecule has 3 aromatic rings. The maximum absolute atomic E-state index is 15.3. The first kappa shape index (κ1) is 31.9. The van der Waals surface area contributed by atoms with E-state index in [4.69, 9.17) is 4.74 Å². The zero-order chi connectivity index (χ0) is 30.4. The predicted octanol–water partition coefficient (Wildman–Crippen LogP) is 6.85. The molecule has 0 radical (unpaired) electrons. The van der Waals surface area contributed by atoms with Gasteiger partial charge < -0.3 is 20.3 Å². The third-order valence-corrected chi connectivity index (χ3v) is 11.1. The van der Waals surface area contributed by atoms with Crippen LogP contribution in [0.15, 0.2) is 41.3 Å². The average molecular weight is 632 g/mol. The highest BCUT2D eigenvalue weighted by molar-refractivity contribution is 7.93. The van der Waals surface area contributed by atoms with Crippen molar-refractivity contribution in [2.75, 3.05) is 36.8 Å². The third kappa shape index (κ3) is 8.59. The Balaban J connectivity index is 1.21. The van der Waals surface area contributed by atoms with Gasteiger partial charge in [0.05, 0.1) is 16.8 Å². The number of likely N-dealkylation sites (N-methyl/N-ethyl adjacent to an activating group) is 1. The fourth-order valence-electron chi connectivity index (χ4n) is 6.31. The van der Waals surface area contributed by atoms with Crippen LogP contribution in [0.3, 0.4) is 0 Å². The van der Waals surface area contributed by atoms with Crippen LogP contribution in [0.4, 0.5) is 15.2 Å². The van der Waals surface area contributed by atoms with Crippen LogP contribution in [0, 0.1) is 11.7 Å². The lowest BCUT2D eigenvalue weighted by Gasteiger charge is -2.39. The second-order valence-electron chi connectivity index (χ2n) is 12.4. The fraction of sp³-hybridized carbons (Fsp3) is 0.594. The highest BCUT2D eigenvalue weighted by Gasteiger charge is 2.29. The monoisotopic (exact) mass is 631 g/mol. The normalized spacial score (nSPS) is 19.9. The van der Waals surface area contributed by atoms with Gasteiger partial charge in [-0.15, -0.1) is 0 Å². The molecule has 5 rings (SSSR count). The summed E-state index contributed by atoms with van der Waals surface area (Å²) in [6, 6.07) is 10.8. The number of sulfonamides is 1. The quantitative estimate of drug-likeness (QED) is 0.168. The van der Waals surface area contributed by atoms with Crippen LogP contribution in [0.25, 0.3) is 10.2 Å². The van der Waals surface area contributed by atoms with Crippen molar-refractivity contribution in [3.8, 4) is 5.75 Å². The molecule has 43 heavy (non-hydrogen) atoms. The molecular formula is C32H46FN5O3S2. The number of hydrogen-bond donors (Lipinski definition) is 3. The summed E-state index contributed by atoms with van der Waals surface area (Å²) in [5.41, 5.74) is 1.26. The van der Waals surface area contributed by atoms with Crippen LogP contribution in [-0.4, -0.2) is 63.2 Å². The van der Waals surface area contributed by atoms with E-state index >= 15 is 4.39 Å². The first-order valence-corrected chi connectivity index (χ1v) is 18.0. The van der Waals surface area contributed by atoms with Crippen LogP contribution in [0.2, 0.25) is 0 Å². The molecule has 2 saturated carbocycles. The van der Waals surface area contributed by atoms with E-state index in [1.807, 2.05) is 18.2 Å². The topological polar surface area (TPSA) is 95.6 Å². The van der Waals surface area contributed by atoms with Gasteiger partial charge in [-0.1, -0.05) is 50.9 Å². The number of nitrogens with one attached hydrogen (secondary N) is 3. The van der Waals surface area contributed by atoms with Crippen LogP contribution < -0.4 is 20.1 Å². The van der Waals surface area contributed by atoms with Crippen LogP contribution >= 0.6 is 11.3 Å². The molecule has 2 aliphatic carbocycles. The molecule has 0 aliphatic heterocycles. The van der Waals surface area contributed by atoms with Crippen molar-refractivity contribution < 1.29 is 17.5 Å². The number of halogens is 1. The third-order valence-electron chi connectivity index (χ3n) is 8.65. The standard InChI is InChI=1S/C32H46FN5O3S2/c1-22(2)34-17-8-18-38(3)29-12-7-6-11-27(29)35-24-13-16-31(26(33)19-24)43(39,40)37-32-36-28-15-14-25(20-30(28)42-32)41-21-23-9-4-5-10-23/h13-16,19-20,22-23,27,29,34-35H,4-12,17-18,21H2,1-3H3,(H,36,37)/t27-,29-/m0/s1. The Morgan fingerprint density at radius 2 is 1.84 bits per heavy atom. The van der Waals surface area contributed by atoms with Gasteiger partial charge in [0, 0.05) is 23.8 Å². The number of thiazole rings is 1. The molecule has 0 saturated heterocycles. The Morgan fingerprint density at radius 1 is 1.07 bits per heavy atom. The number of benzene rings is 2. The van der Waals surface area contributed by atoms with E-state index in [1.54, 1.807) is 6.07 Å². The summed E-state index contributed by atoms with van der Waals surface area (Å²) in [5, 5.41) is 7.17. The van der Waals surface area contributed by atoms with Gasteiger partial charge >= 0.3 is 0 Å².